The standard InChI is InChI=1S/C19H26N2O3S/c1-2-14-3-5-15(6-4-14)16-11-17(18(22)23)13-21(12-16)19(24)20-7-9-25-10-8-20/h3-6,16-17H,2,7-13H2,1H3,(H,22,23). The Morgan fingerprint density at radius 3 is 2.40 bits per heavy atom. The molecular weight excluding hydrogens is 336 g/mol. The number of likely N-dealkylation sites (tertiary alicyclic amines) is 1. The number of urea groups is 1. The Hall–Kier alpha value is -1.69. The Morgan fingerprint density at radius 1 is 1.12 bits per heavy atom. The van der Waals surface area contributed by atoms with Crippen LogP contribution in [0.3, 0.4) is 0 Å². The summed E-state index contributed by atoms with van der Waals surface area (Å²) >= 11 is 1.86. The van der Waals surface area contributed by atoms with E-state index in [9.17, 15) is 14.7 Å². The second-order valence-electron chi connectivity index (χ2n) is 6.85. The van der Waals surface area contributed by atoms with Gasteiger partial charge in [-0.25, -0.2) is 4.79 Å². The van der Waals surface area contributed by atoms with E-state index >= 15 is 0 Å². The van der Waals surface area contributed by atoms with Crippen LogP contribution in [0.25, 0.3) is 0 Å². The maximum atomic E-state index is 12.8. The summed E-state index contributed by atoms with van der Waals surface area (Å²) < 4.78 is 0. The number of rotatable bonds is 3. The molecule has 6 heteroatoms. The van der Waals surface area contributed by atoms with Gasteiger partial charge in [-0.3, -0.25) is 4.79 Å². The molecular formula is C19H26N2O3S. The number of nitrogens with zero attached hydrogens (tertiary/aromatic N) is 2. The van der Waals surface area contributed by atoms with Crippen LogP contribution in [0.4, 0.5) is 4.79 Å². The van der Waals surface area contributed by atoms with Crippen molar-refractivity contribution in [3.8, 4) is 0 Å². The number of piperidine rings is 1. The van der Waals surface area contributed by atoms with E-state index in [2.05, 4.69) is 31.2 Å². The van der Waals surface area contributed by atoms with Crippen LogP contribution in [0.15, 0.2) is 24.3 Å². The second-order valence-corrected chi connectivity index (χ2v) is 8.07. The van der Waals surface area contributed by atoms with Crippen molar-refractivity contribution < 1.29 is 14.7 Å². The SMILES string of the molecule is CCc1ccc(C2CC(C(=O)O)CN(C(=O)N3CCSCC3)C2)cc1. The van der Waals surface area contributed by atoms with Gasteiger partial charge in [0.05, 0.1) is 5.92 Å². The molecule has 2 amide bonds. The predicted octanol–water partition coefficient (Wildman–Crippen LogP) is 2.91. The Bertz CT molecular complexity index is 614. The van der Waals surface area contributed by atoms with Crippen LogP contribution in [-0.2, 0) is 11.2 Å². The minimum absolute atomic E-state index is 0.00132. The minimum Gasteiger partial charge on any atom is -0.481 e. The fourth-order valence-corrected chi connectivity index (χ4v) is 4.56. The molecule has 0 radical (unpaired) electrons. The molecule has 0 bridgehead atoms. The van der Waals surface area contributed by atoms with Crippen molar-refractivity contribution in [1.29, 1.82) is 0 Å². The molecule has 2 heterocycles. The highest BCUT2D eigenvalue weighted by molar-refractivity contribution is 7.99. The number of carboxylic acids is 1. The van der Waals surface area contributed by atoms with E-state index in [0.717, 1.165) is 36.6 Å². The lowest BCUT2D eigenvalue weighted by atomic mass is 9.84. The van der Waals surface area contributed by atoms with E-state index < -0.39 is 11.9 Å². The lowest BCUT2D eigenvalue weighted by Crippen LogP contribution is -2.52. The van der Waals surface area contributed by atoms with Crippen molar-refractivity contribution in [3.05, 3.63) is 35.4 Å². The van der Waals surface area contributed by atoms with Gasteiger partial charge in [0.2, 0.25) is 0 Å². The third kappa shape index (κ3) is 4.29. The number of carbonyl (C=O) groups excluding carboxylic acids is 1. The predicted molar refractivity (Wildman–Crippen MR) is 100 cm³/mol. The molecule has 0 aromatic heterocycles. The summed E-state index contributed by atoms with van der Waals surface area (Å²) in [5.41, 5.74) is 2.41. The summed E-state index contributed by atoms with van der Waals surface area (Å²) in [4.78, 5) is 28.1. The van der Waals surface area contributed by atoms with Crippen LogP contribution in [0.1, 0.15) is 30.4 Å². The summed E-state index contributed by atoms with van der Waals surface area (Å²) in [5, 5.41) is 9.54. The smallest absolute Gasteiger partial charge is 0.320 e. The summed E-state index contributed by atoms with van der Waals surface area (Å²) in [5.74, 6) is 0.715. The molecule has 0 aliphatic carbocycles. The molecule has 1 aromatic rings. The number of hydrogen-bond acceptors (Lipinski definition) is 3. The molecule has 1 N–H and O–H groups in total. The summed E-state index contributed by atoms with van der Waals surface area (Å²) in [6.07, 6.45) is 1.58. The third-order valence-corrected chi connectivity index (χ3v) is 6.15. The van der Waals surface area contributed by atoms with Crippen LogP contribution in [0.5, 0.6) is 0 Å². The molecule has 2 aliphatic rings. The zero-order valence-corrected chi connectivity index (χ0v) is 15.5. The van der Waals surface area contributed by atoms with Gasteiger partial charge in [0.25, 0.3) is 0 Å². The number of aryl methyl sites for hydroxylation is 1. The number of hydrogen-bond donors (Lipinski definition) is 1. The zero-order chi connectivity index (χ0) is 17.8. The van der Waals surface area contributed by atoms with Gasteiger partial charge >= 0.3 is 12.0 Å². The first-order valence-corrected chi connectivity index (χ1v) is 10.2. The van der Waals surface area contributed by atoms with E-state index in [1.54, 1.807) is 4.90 Å². The van der Waals surface area contributed by atoms with E-state index in [-0.39, 0.29) is 11.9 Å². The monoisotopic (exact) mass is 362 g/mol. The molecule has 2 atom stereocenters. The van der Waals surface area contributed by atoms with Crippen LogP contribution in [0.2, 0.25) is 0 Å². The number of aliphatic carboxylic acids is 1. The second kappa shape index (κ2) is 8.13. The van der Waals surface area contributed by atoms with Crippen LogP contribution >= 0.6 is 11.8 Å². The highest BCUT2D eigenvalue weighted by Crippen LogP contribution is 2.31. The van der Waals surface area contributed by atoms with Crippen molar-refractivity contribution in [2.75, 3.05) is 37.7 Å². The Balaban J connectivity index is 1.76. The van der Waals surface area contributed by atoms with E-state index in [4.69, 9.17) is 0 Å². The highest BCUT2D eigenvalue weighted by atomic mass is 32.2. The van der Waals surface area contributed by atoms with Crippen molar-refractivity contribution in [2.24, 2.45) is 5.92 Å². The summed E-state index contributed by atoms with van der Waals surface area (Å²) in [6, 6.07) is 8.39. The Kier molecular flexibility index (Phi) is 5.89. The Labute approximate surface area is 153 Å². The number of thioether (sulfide) groups is 1. The molecule has 1 aromatic carbocycles. The average Bonchev–Trinajstić information content (AvgIpc) is 2.67. The largest absolute Gasteiger partial charge is 0.481 e. The normalized spacial score (nSPS) is 24.2. The van der Waals surface area contributed by atoms with Gasteiger partial charge in [-0.15, -0.1) is 0 Å². The van der Waals surface area contributed by atoms with Crippen molar-refractivity contribution in [2.45, 2.75) is 25.7 Å². The van der Waals surface area contributed by atoms with Crippen LogP contribution in [-0.4, -0.2) is 64.6 Å². The first-order valence-electron chi connectivity index (χ1n) is 9.01. The fraction of sp³-hybridized carbons (Fsp3) is 0.579. The van der Waals surface area contributed by atoms with Crippen molar-refractivity contribution in [3.63, 3.8) is 0 Å². The van der Waals surface area contributed by atoms with Crippen molar-refractivity contribution in [1.82, 2.24) is 9.80 Å². The van der Waals surface area contributed by atoms with Crippen LogP contribution < -0.4 is 0 Å². The molecule has 136 valence electrons. The van der Waals surface area contributed by atoms with Gasteiger partial charge in [-0.1, -0.05) is 31.2 Å². The maximum absolute atomic E-state index is 12.8. The molecule has 2 saturated heterocycles. The number of benzene rings is 1. The molecule has 0 spiro atoms. The maximum Gasteiger partial charge on any atom is 0.320 e. The quantitative estimate of drug-likeness (QED) is 0.898. The van der Waals surface area contributed by atoms with Gasteiger partial charge in [0, 0.05) is 43.6 Å². The molecule has 0 saturated carbocycles. The van der Waals surface area contributed by atoms with Gasteiger partial charge in [-0.05, 0) is 24.0 Å². The lowest BCUT2D eigenvalue weighted by Gasteiger charge is -2.40. The highest BCUT2D eigenvalue weighted by Gasteiger charge is 2.36. The Morgan fingerprint density at radius 2 is 1.80 bits per heavy atom. The average molecular weight is 362 g/mol. The molecule has 2 aliphatic heterocycles. The molecule has 2 unspecified atom stereocenters. The fourth-order valence-electron chi connectivity index (χ4n) is 3.66. The zero-order valence-electron chi connectivity index (χ0n) is 14.7. The summed E-state index contributed by atoms with van der Waals surface area (Å²) in [7, 11) is 0. The first kappa shape index (κ1) is 18.1. The molecule has 5 nitrogen and oxygen atoms in total. The summed E-state index contributed by atoms with van der Waals surface area (Å²) in [6.45, 7) is 4.56. The van der Waals surface area contributed by atoms with Gasteiger partial charge < -0.3 is 14.9 Å². The van der Waals surface area contributed by atoms with Gasteiger partial charge in [-0.2, -0.15) is 11.8 Å². The van der Waals surface area contributed by atoms with Crippen LogP contribution in [0, 0.1) is 5.92 Å². The topological polar surface area (TPSA) is 60.9 Å². The number of amides is 2. The van der Waals surface area contributed by atoms with Gasteiger partial charge in [0.15, 0.2) is 0 Å². The van der Waals surface area contributed by atoms with E-state index in [1.807, 2.05) is 16.7 Å². The lowest BCUT2D eigenvalue weighted by molar-refractivity contribution is -0.143. The molecule has 2 fully saturated rings. The van der Waals surface area contributed by atoms with Crippen molar-refractivity contribution >= 4 is 23.8 Å². The van der Waals surface area contributed by atoms with E-state index in [1.165, 1.54) is 5.56 Å². The van der Waals surface area contributed by atoms with E-state index in [0.29, 0.717) is 19.5 Å². The third-order valence-electron chi connectivity index (χ3n) is 5.21. The number of carbonyl (C=O) groups is 2. The van der Waals surface area contributed by atoms with Gasteiger partial charge in [0.1, 0.15) is 0 Å². The number of carboxylic acid groups (broad SMARTS) is 1. The first-order chi connectivity index (χ1) is 12.1. The minimum atomic E-state index is -0.804. The molecule has 25 heavy (non-hydrogen) atoms. The molecule has 3 rings (SSSR count).